The fraction of sp³-hybridized carbons (Fsp3) is 0.579. The van der Waals surface area contributed by atoms with Gasteiger partial charge in [0, 0.05) is 32.7 Å². The van der Waals surface area contributed by atoms with E-state index < -0.39 is 20.0 Å². The molecule has 0 N–H and O–H groups in total. The van der Waals surface area contributed by atoms with Gasteiger partial charge >= 0.3 is 0 Å². The first kappa shape index (κ1) is 23.0. The summed E-state index contributed by atoms with van der Waals surface area (Å²) in [5.74, 6) is 0. The molecule has 0 bridgehead atoms. The van der Waals surface area contributed by atoms with E-state index in [9.17, 15) is 16.8 Å². The van der Waals surface area contributed by atoms with Crippen LogP contribution in [0.25, 0.3) is 0 Å². The zero-order valence-electron chi connectivity index (χ0n) is 16.7. The zero-order valence-corrected chi connectivity index (χ0v) is 18.4. The van der Waals surface area contributed by atoms with E-state index in [0.717, 1.165) is 19.6 Å². The summed E-state index contributed by atoms with van der Waals surface area (Å²) in [6.07, 6.45) is 3.79. The first-order chi connectivity index (χ1) is 13.1. The quantitative estimate of drug-likeness (QED) is 0.676. The summed E-state index contributed by atoms with van der Waals surface area (Å²) in [5.41, 5.74) is 1.76. The van der Waals surface area contributed by atoms with E-state index in [0.29, 0.717) is 31.5 Å². The van der Waals surface area contributed by atoms with Crippen LogP contribution in [-0.4, -0.2) is 82.1 Å². The highest BCUT2D eigenvalue weighted by atomic mass is 32.2. The minimum Gasteiger partial charge on any atom is -0.299 e. The normalized spacial score (nSPS) is 20.4. The lowest BCUT2D eigenvalue weighted by atomic mass is 10.2. The van der Waals surface area contributed by atoms with Crippen molar-refractivity contribution in [1.29, 1.82) is 0 Å². The fourth-order valence-corrected chi connectivity index (χ4v) is 5.08. The molecule has 0 radical (unpaired) electrons. The molecule has 28 heavy (non-hydrogen) atoms. The van der Waals surface area contributed by atoms with Gasteiger partial charge in [0.2, 0.25) is 20.0 Å². The van der Waals surface area contributed by atoms with Crippen molar-refractivity contribution in [3.63, 3.8) is 0 Å². The first-order valence-corrected chi connectivity index (χ1v) is 13.1. The largest absolute Gasteiger partial charge is 0.299 e. The lowest BCUT2D eigenvalue weighted by Crippen LogP contribution is -2.40. The van der Waals surface area contributed by atoms with Gasteiger partial charge in [-0.1, -0.05) is 36.9 Å². The molecule has 1 aromatic rings. The van der Waals surface area contributed by atoms with Crippen LogP contribution in [0, 0.1) is 0 Å². The molecule has 0 saturated carbocycles. The van der Waals surface area contributed by atoms with Crippen molar-refractivity contribution >= 4 is 20.0 Å². The van der Waals surface area contributed by atoms with Gasteiger partial charge in [0.05, 0.1) is 12.5 Å². The lowest BCUT2D eigenvalue weighted by Gasteiger charge is -2.29. The van der Waals surface area contributed by atoms with Gasteiger partial charge < -0.3 is 0 Å². The van der Waals surface area contributed by atoms with Crippen LogP contribution in [0.2, 0.25) is 0 Å². The number of sulfonamides is 2. The Morgan fingerprint density at radius 2 is 1.29 bits per heavy atom. The third-order valence-corrected chi connectivity index (χ3v) is 7.25. The van der Waals surface area contributed by atoms with E-state index in [1.165, 1.54) is 26.7 Å². The van der Waals surface area contributed by atoms with Crippen molar-refractivity contribution in [2.45, 2.75) is 19.4 Å². The van der Waals surface area contributed by atoms with Crippen LogP contribution in [0.4, 0.5) is 0 Å². The summed E-state index contributed by atoms with van der Waals surface area (Å²) < 4.78 is 51.3. The molecule has 0 aromatic heterocycles. The maximum Gasteiger partial charge on any atom is 0.211 e. The van der Waals surface area contributed by atoms with Crippen LogP contribution in [0.15, 0.2) is 42.5 Å². The monoisotopic (exact) mass is 429 g/mol. The van der Waals surface area contributed by atoms with Gasteiger partial charge in [-0.3, -0.25) is 4.90 Å². The summed E-state index contributed by atoms with van der Waals surface area (Å²) in [6.45, 7) is 7.22. The standard InChI is InChI=1S/C19H31N3O4S2/c1-18-15-21(27(2,23)24)13-7-11-20(17-19-9-5-4-6-10-19)12-8-14-22(16-18)28(3,25)26/h4-6,9-10H,1,7-8,11-17H2,2-3H3. The van der Waals surface area contributed by atoms with E-state index in [1.807, 2.05) is 18.2 Å². The minimum atomic E-state index is -3.39. The Labute approximate surface area is 169 Å². The van der Waals surface area contributed by atoms with Crippen LogP contribution in [0.1, 0.15) is 18.4 Å². The molecule has 1 aromatic carbocycles. The highest BCUT2D eigenvalue weighted by Crippen LogP contribution is 2.13. The molecule has 1 heterocycles. The SMILES string of the molecule is C=C1CN(S(C)(=O)=O)CCCN(Cc2ccccc2)CCCN(S(C)(=O)=O)C1. The van der Waals surface area contributed by atoms with Crippen molar-refractivity contribution in [2.24, 2.45) is 0 Å². The number of nitrogens with zero attached hydrogens (tertiary/aromatic N) is 3. The second-order valence-electron chi connectivity index (χ2n) is 7.41. The molecular formula is C19H31N3O4S2. The van der Waals surface area contributed by atoms with Crippen molar-refractivity contribution in [3.8, 4) is 0 Å². The summed E-state index contributed by atoms with van der Waals surface area (Å²) in [7, 11) is -6.78. The van der Waals surface area contributed by atoms with Crippen molar-refractivity contribution in [3.05, 3.63) is 48.0 Å². The predicted octanol–water partition coefficient (Wildman–Crippen LogP) is 1.36. The molecule has 7 nitrogen and oxygen atoms in total. The van der Waals surface area contributed by atoms with E-state index in [2.05, 4.69) is 23.6 Å². The van der Waals surface area contributed by atoms with Crippen molar-refractivity contribution in [1.82, 2.24) is 13.5 Å². The Hall–Kier alpha value is -1.26. The summed E-state index contributed by atoms with van der Waals surface area (Å²) in [6, 6.07) is 10.1. The van der Waals surface area contributed by atoms with Gasteiger partial charge in [0.1, 0.15) is 0 Å². The predicted molar refractivity (Wildman–Crippen MR) is 113 cm³/mol. The minimum absolute atomic E-state index is 0.142. The van der Waals surface area contributed by atoms with Crippen LogP contribution in [0.3, 0.4) is 0 Å². The number of hydrogen-bond donors (Lipinski definition) is 0. The second-order valence-corrected chi connectivity index (χ2v) is 11.4. The van der Waals surface area contributed by atoms with Gasteiger partial charge in [-0.05, 0) is 37.1 Å². The summed E-state index contributed by atoms with van der Waals surface area (Å²) in [4.78, 5) is 2.26. The van der Waals surface area contributed by atoms with Gasteiger partial charge in [-0.2, -0.15) is 8.61 Å². The molecule has 1 saturated heterocycles. The number of hydrogen-bond acceptors (Lipinski definition) is 5. The van der Waals surface area contributed by atoms with Gasteiger partial charge in [0.25, 0.3) is 0 Å². The molecule has 1 aliphatic rings. The van der Waals surface area contributed by atoms with Crippen LogP contribution in [-0.2, 0) is 26.6 Å². The first-order valence-electron chi connectivity index (χ1n) is 9.39. The van der Waals surface area contributed by atoms with Gasteiger partial charge in [0.15, 0.2) is 0 Å². The fourth-order valence-electron chi connectivity index (χ4n) is 3.33. The molecule has 158 valence electrons. The summed E-state index contributed by atoms with van der Waals surface area (Å²) >= 11 is 0. The number of benzene rings is 1. The summed E-state index contributed by atoms with van der Waals surface area (Å²) in [5, 5.41) is 0. The Balaban J connectivity index is 2.18. The van der Waals surface area contributed by atoms with Crippen molar-refractivity contribution < 1.29 is 16.8 Å². The molecule has 0 amide bonds. The molecular weight excluding hydrogens is 398 g/mol. The second kappa shape index (κ2) is 9.98. The maximum absolute atomic E-state index is 12.1. The zero-order chi connectivity index (χ0) is 20.8. The van der Waals surface area contributed by atoms with E-state index in [1.54, 1.807) is 0 Å². The van der Waals surface area contributed by atoms with Gasteiger partial charge in [-0.15, -0.1) is 0 Å². The van der Waals surface area contributed by atoms with Crippen molar-refractivity contribution in [2.75, 3.05) is 51.8 Å². The van der Waals surface area contributed by atoms with E-state index in [4.69, 9.17) is 0 Å². The molecule has 0 atom stereocenters. The Bertz CT molecular complexity index is 804. The van der Waals surface area contributed by atoms with Crippen LogP contribution >= 0.6 is 0 Å². The molecule has 0 spiro atoms. The maximum atomic E-state index is 12.1. The molecule has 1 aliphatic heterocycles. The third-order valence-electron chi connectivity index (χ3n) is 4.75. The molecule has 1 fully saturated rings. The number of rotatable bonds is 4. The third kappa shape index (κ3) is 7.63. The lowest BCUT2D eigenvalue weighted by molar-refractivity contribution is 0.238. The smallest absolute Gasteiger partial charge is 0.211 e. The molecule has 2 rings (SSSR count). The Kier molecular flexibility index (Phi) is 8.20. The van der Waals surface area contributed by atoms with Crippen LogP contribution < -0.4 is 0 Å². The Morgan fingerprint density at radius 1 is 0.821 bits per heavy atom. The van der Waals surface area contributed by atoms with E-state index >= 15 is 0 Å². The Morgan fingerprint density at radius 3 is 1.71 bits per heavy atom. The van der Waals surface area contributed by atoms with E-state index in [-0.39, 0.29) is 13.1 Å². The average Bonchev–Trinajstić information content (AvgIpc) is 2.57. The highest BCUT2D eigenvalue weighted by molar-refractivity contribution is 7.88. The van der Waals surface area contributed by atoms with Gasteiger partial charge in [-0.25, -0.2) is 16.8 Å². The van der Waals surface area contributed by atoms with Crippen LogP contribution in [0.5, 0.6) is 0 Å². The molecule has 9 heteroatoms. The average molecular weight is 430 g/mol. The molecule has 0 unspecified atom stereocenters. The molecule has 0 aliphatic carbocycles. The highest BCUT2D eigenvalue weighted by Gasteiger charge is 2.23. The topological polar surface area (TPSA) is 78.0 Å².